The molecule has 7 nitrogen and oxygen atoms in total. The van der Waals surface area contributed by atoms with E-state index < -0.39 is 6.10 Å². The average molecular weight is 383 g/mol. The molecule has 0 bridgehead atoms. The van der Waals surface area contributed by atoms with Gasteiger partial charge in [0.15, 0.2) is 0 Å². The topological polar surface area (TPSA) is 88.1 Å². The smallest absolute Gasteiger partial charge is 0.323 e. The Bertz CT molecular complexity index is 529. The summed E-state index contributed by atoms with van der Waals surface area (Å²) in [7, 11) is 0. The van der Waals surface area contributed by atoms with E-state index in [-0.39, 0.29) is 24.0 Å². The summed E-state index contributed by atoms with van der Waals surface area (Å²) >= 11 is 0. The number of nitrogens with zero attached hydrogens (tertiary/aromatic N) is 1. The fourth-order valence-corrected chi connectivity index (χ4v) is 5.15. The fourth-order valence-electron chi connectivity index (χ4n) is 5.15. The second-order valence-electron chi connectivity index (χ2n) is 8.26. The molecule has 0 radical (unpaired) electrons. The lowest BCUT2D eigenvalue weighted by Gasteiger charge is -2.43. The van der Waals surface area contributed by atoms with Crippen molar-refractivity contribution >= 4 is 11.9 Å². The van der Waals surface area contributed by atoms with Gasteiger partial charge in [0.2, 0.25) is 0 Å². The molecule has 2 N–H and O–H groups in total. The first-order valence-electron chi connectivity index (χ1n) is 10.5. The van der Waals surface area contributed by atoms with Crippen LogP contribution >= 0.6 is 0 Å². The minimum atomic E-state index is -0.456. The van der Waals surface area contributed by atoms with Gasteiger partial charge in [0.1, 0.15) is 12.1 Å². The number of carbonyl (C=O) groups excluding carboxylic acids is 2. The predicted molar refractivity (Wildman–Crippen MR) is 100.0 cm³/mol. The Kier molecular flexibility index (Phi) is 7.11. The van der Waals surface area contributed by atoms with Crippen LogP contribution in [0, 0.1) is 17.8 Å². The van der Waals surface area contributed by atoms with Crippen LogP contribution in [0.25, 0.3) is 0 Å². The lowest BCUT2D eigenvalue weighted by Crippen LogP contribution is -2.51. The summed E-state index contributed by atoms with van der Waals surface area (Å²) in [5.41, 5.74) is 0. The number of likely N-dealkylation sites (tertiary alicyclic amines) is 1. The molecule has 6 atom stereocenters. The Hall–Kier alpha value is -1.18. The average Bonchev–Trinajstić information content (AvgIpc) is 3.02. The molecule has 2 aliphatic heterocycles. The molecule has 2 heterocycles. The lowest BCUT2D eigenvalue weighted by atomic mass is 9.69. The largest absolute Gasteiger partial charge is 0.465 e. The summed E-state index contributed by atoms with van der Waals surface area (Å²) in [5.74, 6) is 1.29. The van der Waals surface area contributed by atoms with E-state index in [0.717, 1.165) is 38.8 Å². The zero-order valence-corrected chi connectivity index (χ0v) is 16.6. The van der Waals surface area contributed by atoms with E-state index in [1.54, 1.807) is 0 Å². The van der Waals surface area contributed by atoms with Crippen LogP contribution in [-0.4, -0.2) is 73.0 Å². The van der Waals surface area contributed by atoms with Crippen LogP contribution in [0.1, 0.15) is 46.0 Å². The van der Waals surface area contributed by atoms with E-state index in [4.69, 9.17) is 9.47 Å². The lowest BCUT2D eigenvalue weighted by molar-refractivity contribution is -0.149. The SMILES string of the molecule is CCOC(=O)C1CC2CC(CN3CC(O)CC3C(=O)OCC)CCC2CN1. The maximum absolute atomic E-state index is 12.2. The Balaban J connectivity index is 1.55. The van der Waals surface area contributed by atoms with Gasteiger partial charge >= 0.3 is 11.9 Å². The van der Waals surface area contributed by atoms with Crippen LogP contribution < -0.4 is 5.32 Å². The van der Waals surface area contributed by atoms with Crippen molar-refractivity contribution in [3.8, 4) is 0 Å². The first kappa shape index (κ1) is 20.6. The Morgan fingerprint density at radius 3 is 2.52 bits per heavy atom. The minimum absolute atomic E-state index is 0.136. The van der Waals surface area contributed by atoms with Gasteiger partial charge in [-0.05, 0) is 63.8 Å². The quantitative estimate of drug-likeness (QED) is 0.661. The van der Waals surface area contributed by atoms with Crippen LogP contribution in [0.3, 0.4) is 0 Å². The number of esters is 2. The van der Waals surface area contributed by atoms with Crippen LogP contribution in [0.4, 0.5) is 0 Å². The molecule has 1 aliphatic carbocycles. The summed E-state index contributed by atoms with van der Waals surface area (Å²) in [6, 6.07) is -0.510. The first-order valence-corrected chi connectivity index (χ1v) is 10.5. The van der Waals surface area contributed by atoms with Crippen molar-refractivity contribution in [2.24, 2.45) is 17.8 Å². The molecule has 154 valence electrons. The molecule has 0 aromatic heterocycles. The molecule has 6 unspecified atom stereocenters. The van der Waals surface area contributed by atoms with Crippen molar-refractivity contribution in [1.29, 1.82) is 0 Å². The monoisotopic (exact) mass is 382 g/mol. The third kappa shape index (κ3) is 5.00. The van der Waals surface area contributed by atoms with Gasteiger partial charge in [0.25, 0.3) is 0 Å². The molecule has 7 heteroatoms. The molecule has 0 aromatic carbocycles. The number of aliphatic hydroxyl groups is 1. The molecule has 27 heavy (non-hydrogen) atoms. The first-order chi connectivity index (χ1) is 13.0. The minimum Gasteiger partial charge on any atom is -0.465 e. The molecule has 0 spiro atoms. The molecule has 3 aliphatic rings. The van der Waals surface area contributed by atoms with Gasteiger partial charge in [-0.25, -0.2) is 0 Å². The van der Waals surface area contributed by atoms with E-state index in [0.29, 0.717) is 43.9 Å². The summed E-state index contributed by atoms with van der Waals surface area (Å²) in [4.78, 5) is 26.4. The highest BCUT2D eigenvalue weighted by molar-refractivity contribution is 5.76. The van der Waals surface area contributed by atoms with Crippen molar-refractivity contribution in [2.75, 3.05) is 32.8 Å². The molecule has 3 fully saturated rings. The molecular formula is C20H34N2O5. The van der Waals surface area contributed by atoms with Gasteiger partial charge in [-0.15, -0.1) is 0 Å². The van der Waals surface area contributed by atoms with E-state index in [1.165, 1.54) is 0 Å². The van der Waals surface area contributed by atoms with Crippen LogP contribution in [0.5, 0.6) is 0 Å². The number of aliphatic hydroxyl groups excluding tert-OH is 1. The maximum Gasteiger partial charge on any atom is 0.323 e. The standard InChI is InChI=1S/C20H34N2O5/c1-3-26-19(24)17-8-15-7-13(5-6-14(15)10-21-17)11-22-12-16(23)9-18(22)20(25)27-4-2/h13-18,21,23H,3-12H2,1-2H3. The Labute approximate surface area is 161 Å². The number of fused-ring (bicyclic) bond motifs is 1. The number of hydrogen-bond donors (Lipinski definition) is 2. The number of β-amino-alcohol motifs (C(OH)–C–C–N with tert-alkyl or cyclic N) is 1. The number of piperidine rings is 1. The van der Waals surface area contributed by atoms with E-state index in [2.05, 4.69) is 10.2 Å². The number of ether oxygens (including phenoxy) is 2. The summed E-state index contributed by atoms with van der Waals surface area (Å²) in [5, 5.41) is 13.4. The second-order valence-corrected chi connectivity index (χ2v) is 8.26. The van der Waals surface area contributed by atoms with Crippen molar-refractivity contribution in [2.45, 2.75) is 64.1 Å². The van der Waals surface area contributed by atoms with Crippen molar-refractivity contribution in [3.63, 3.8) is 0 Å². The van der Waals surface area contributed by atoms with E-state index in [9.17, 15) is 14.7 Å². The molecular weight excluding hydrogens is 348 g/mol. The fraction of sp³-hybridized carbons (Fsp3) is 0.900. The van der Waals surface area contributed by atoms with Crippen molar-refractivity contribution in [1.82, 2.24) is 10.2 Å². The van der Waals surface area contributed by atoms with Gasteiger partial charge in [-0.1, -0.05) is 0 Å². The highest BCUT2D eigenvalue weighted by atomic mass is 16.5. The Morgan fingerprint density at radius 1 is 1.04 bits per heavy atom. The highest BCUT2D eigenvalue weighted by Gasteiger charge is 2.41. The maximum atomic E-state index is 12.2. The Morgan fingerprint density at radius 2 is 1.78 bits per heavy atom. The summed E-state index contributed by atoms with van der Waals surface area (Å²) < 4.78 is 10.4. The highest BCUT2D eigenvalue weighted by Crippen LogP contribution is 2.39. The molecule has 0 amide bonds. The molecule has 3 rings (SSSR count). The van der Waals surface area contributed by atoms with Gasteiger partial charge in [0, 0.05) is 19.5 Å². The molecule has 0 aromatic rings. The van der Waals surface area contributed by atoms with Gasteiger partial charge < -0.3 is 19.9 Å². The van der Waals surface area contributed by atoms with Crippen molar-refractivity contribution in [3.05, 3.63) is 0 Å². The normalized spacial score (nSPS) is 36.9. The van der Waals surface area contributed by atoms with Crippen molar-refractivity contribution < 1.29 is 24.2 Å². The van der Waals surface area contributed by atoms with Crippen LogP contribution in [0.15, 0.2) is 0 Å². The number of rotatable bonds is 6. The third-order valence-electron chi connectivity index (χ3n) is 6.42. The van der Waals surface area contributed by atoms with Gasteiger partial charge in [-0.3, -0.25) is 14.5 Å². The molecule has 1 saturated carbocycles. The summed E-state index contributed by atoms with van der Waals surface area (Å²) in [6.07, 6.45) is 4.21. The summed E-state index contributed by atoms with van der Waals surface area (Å²) in [6.45, 7) is 6.68. The molecule has 2 saturated heterocycles. The van der Waals surface area contributed by atoms with Gasteiger partial charge in [-0.2, -0.15) is 0 Å². The number of nitrogens with one attached hydrogen (secondary N) is 1. The predicted octanol–water partition coefficient (Wildman–Crippen LogP) is 0.942. The van der Waals surface area contributed by atoms with Crippen LogP contribution in [0.2, 0.25) is 0 Å². The third-order valence-corrected chi connectivity index (χ3v) is 6.42. The zero-order valence-electron chi connectivity index (χ0n) is 16.6. The number of carbonyl (C=O) groups is 2. The van der Waals surface area contributed by atoms with Crippen LogP contribution in [-0.2, 0) is 19.1 Å². The van der Waals surface area contributed by atoms with E-state index >= 15 is 0 Å². The van der Waals surface area contributed by atoms with E-state index in [1.807, 2.05) is 13.8 Å². The number of hydrogen-bond acceptors (Lipinski definition) is 7. The zero-order chi connectivity index (χ0) is 19.4. The second kappa shape index (κ2) is 9.34. The van der Waals surface area contributed by atoms with Gasteiger partial charge in [0.05, 0.1) is 19.3 Å².